The van der Waals surface area contributed by atoms with Gasteiger partial charge in [0.05, 0.1) is 27.0 Å². The average molecular weight is 504 g/mol. The fourth-order valence-corrected chi connectivity index (χ4v) is 5.13. The highest BCUT2D eigenvalue weighted by atomic mass is 32.2. The first-order chi connectivity index (χ1) is 16.9. The van der Waals surface area contributed by atoms with Crippen LogP contribution in [0.4, 0.5) is 21.7 Å². The largest absolute Gasteiger partial charge is 0.495 e. The van der Waals surface area contributed by atoms with E-state index in [1.807, 2.05) is 6.07 Å². The third-order valence-corrected chi connectivity index (χ3v) is 7.02. The fraction of sp³-hybridized carbons (Fsp3) is 0.273. The molecule has 184 valence electrons. The van der Waals surface area contributed by atoms with Crippen molar-refractivity contribution in [3.63, 3.8) is 0 Å². The Morgan fingerprint density at radius 3 is 2.46 bits per heavy atom. The number of hydrogen-bond acceptors (Lipinski definition) is 9. The average Bonchev–Trinajstić information content (AvgIpc) is 3.49. The van der Waals surface area contributed by atoms with Gasteiger partial charge in [0.25, 0.3) is 10.0 Å². The maximum absolute atomic E-state index is 15.4. The molecule has 2 heterocycles. The standard InChI is InChI=1S/C22H22FN5O6S/c1-31-14-5-4-6-15(32-2)21(14)35(29,30)28-22-18-16(34-27-22)9-13(19(23)20(18)33-3)24-17-10-12(25-26-17)11-7-8-11/h4-6,9-11H,7-8H2,1-3H3,(H,27,28)(H2,24,25,26). The Labute approximate surface area is 199 Å². The van der Waals surface area contributed by atoms with E-state index < -0.39 is 15.8 Å². The molecule has 11 nitrogen and oxygen atoms in total. The number of nitrogens with zero attached hydrogens (tertiary/aromatic N) is 2. The Morgan fingerprint density at radius 1 is 1.11 bits per heavy atom. The van der Waals surface area contributed by atoms with E-state index >= 15 is 4.39 Å². The van der Waals surface area contributed by atoms with Crippen LogP contribution in [-0.2, 0) is 10.0 Å². The number of H-pyrrole nitrogens is 1. The van der Waals surface area contributed by atoms with Gasteiger partial charge in [-0.3, -0.25) is 9.82 Å². The quantitative estimate of drug-likeness (QED) is 0.307. The van der Waals surface area contributed by atoms with Crippen LogP contribution in [0.5, 0.6) is 17.2 Å². The van der Waals surface area contributed by atoms with Crippen LogP contribution in [0.3, 0.4) is 0 Å². The van der Waals surface area contributed by atoms with Crippen molar-refractivity contribution in [1.82, 2.24) is 15.4 Å². The molecule has 0 spiro atoms. The Morgan fingerprint density at radius 2 is 1.83 bits per heavy atom. The molecule has 5 rings (SSSR count). The number of halogens is 1. The molecule has 0 saturated heterocycles. The molecule has 13 heteroatoms. The van der Waals surface area contributed by atoms with Gasteiger partial charge in [-0.05, 0) is 25.0 Å². The molecule has 4 aromatic rings. The number of sulfonamides is 1. The molecule has 2 aromatic carbocycles. The smallest absolute Gasteiger partial charge is 0.270 e. The second-order valence-electron chi connectivity index (χ2n) is 7.88. The summed E-state index contributed by atoms with van der Waals surface area (Å²) in [5, 5.41) is 13.8. The highest BCUT2D eigenvalue weighted by molar-refractivity contribution is 7.93. The minimum atomic E-state index is -4.29. The Hall–Kier alpha value is -4.00. The van der Waals surface area contributed by atoms with Gasteiger partial charge in [0.1, 0.15) is 16.9 Å². The monoisotopic (exact) mass is 503 g/mol. The number of aromatic amines is 1. The molecule has 0 atom stereocenters. The first-order valence-corrected chi connectivity index (χ1v) is 12.1. The summed E-state index contributed by atoms with van der Waals surface area (Å²) >= 11 is 0. The van der Waals surface area contributed by atoms with E-state index in [9.17, 15) is 8.42 Å². The maximum atomic E-state index is 15.4. The van der Waals surface area contributed by atoms with Gasteiger partial charge in [0.15, 0.2) is 33.7 Å². The Balaban J connectivity index is 1.53. The van der Waals surface area contributed by atoms with Crippen LogP contribution in [0.15, 0.2) is 39.8 Å². The van der Waals surface area contributed by atoms with E-state index in [1.165, 1.54) is 39.5 Å². The highest BCUT2D eigenvalue weighted by Gasteiger charge is 2.30. The van der Waals surface area contributed by atoms with Crippen LogP contribution >= 0.6 is 0 Å². The summed E-state index contributed by atoms with van der Waals surface area (Å²) in [6.45, 7) is 0. The normalized spacial score (nSPS) is 13.6. The van der Waals surface area contributed by atoms with Crippen molar-refractivity contribution in [3.8, 4) is 17.2 Å². The van der Waals surface area contributed by atoms with E-state index in [0.29, 0.717) is 11.7 Å². The molecule has 3 N–H and O–H groups in total. The third-order valence-electron chi connectivity index (χ3n) is 5.62. The van der Waals surface area contributed by atoms with E-state index in [2.05, 4.69) is 25.4 Å². The van der Waals surface area contributed by atoms with Gasteiger partial charge in [-0.15, -0.1) is 0 Å². The molecule has 0 radical (unpaired) electrons. The van der Waals surface area contributed by atoms with Crippen molar-refractivity contribution in [2.75, 3.05) is 31.4 Å². The SMILES string of the molecule is COc1cccc(OC)c1S(=O)(=O)Nc1noc2cc(Nc3cc(C4CC4)[nH]n3)c(F)c(OC)c12. The number of ether oxygens (including phenoxy) is 3. The van der Waals surface area contributed by atoms with Crippen molar-refractivity contribution in [1.29, 1.82) is 0 Å². The summed E-state index contributed by atoms with van der Waals surface area (Å²) in [7, 11) is -0.362. The second kappa shape index (κ2) is 8.65. The number of methoxy groups -OCH3 is 3. The van der Waals surface area contributed by atoms with Gasteiger partial charge in [-0.2, -0.15) is 5.10 Å². The maximum Gasteiger partial charge on any atom is 0.270 e. The summed E-state index contributed by atoms with van der Waals surface area (Å²) in [6.07, 6.45) is 2.18. The number of fused-ring (bicyclic) bond motifs is 1. The summed E-state index contributed by atoms with van der Waals surface area (Å²) in [6, 6.07) is 7.70. The van der Waals surface area contributed by atoms with E-state index in [-0.39, 0.29) is 44.6 Å². The highest BCUT2D eigenvalue weighted by Crippen LogP contribution is 2.42. The molecule has 1 saturated carbocycles. The van der Waals surface area contributed by atoms with E-state index in [4.69, 9.17) is 18.7 Å². The lowest BCUT2D eigenvalue weighted by Crippen LogP contribution is -2.16. The van der Waals surface area contributed by atoms with Crippen molar-refractivity contribution < 1.29 is 31.5 Å². The lowest BCUT2D eigenvalue weighted by atomic mass is 10.2. The zero-order valence-corrected chi connectivity index (χ0v) is 19.8. The fourth-order valence-electron chi connectivity index (χ4n) is 3.80. The molecule has 0 aliphatic heterocycles. The third kappa shape index (κ3) is 4.07. The zero-order valence-electron chi connectivity index (χ0n) is 19.0. The van der Waals surface area contributed by atoms with Crippen LogP contribution in [-0.4, -0.2) is 45.1 Å². The number of anilines is 3. The molecule has 0 amide bonds. The summed E-state index contributed by atoms with van der Waals surface area (Å²) < 4.78 is 65.2. The van der Waals surface area contributed by atoms with Crippen LogP contribution in [0.2, 0.25) is 0 Å². The minimum absolute atomic E-state index is 0.00804. The van der Waals surface area contributed by atoms with Gasteiger partial charge in [0.2, 0.25) is 0 Å². The molecule has 35 heavy (non-hydrogen) atoms. The van der Waals surface area contributed by atoms with Crippen LogP contribution in [0.1, 0.15) is 24.5 Å². The molecular weight excluding hydrogens is 481 g/mol. The second-order valence-corrected chi connectivity index (χ2v) is 9.50. The van der Waals surface area contributed by atoms with Crippen molar-refractivity contribution in [2.45, 2.75) is 23.7 Å². The summed E-state index contributed by atoms with van der Waals surface area (Å²) in [5.74, 6) is -0.297. The molecule has 0 bridgehead atoms. The molecule has 1 aliphatic carbocycles. The lowest BCUT2D eigenvalue weighted by Gasteiger charge is -2.14. The van der Waals surface area contributed by atoms with Gasteiger partial charge < -0.3 is 24.1 Å². The van der Waals surface area contributed by atoms with Crippen molar-refractivity contribution >= 4 is 38.3 Å². The topological polar surface area (TPSA) is 141 Å². The first kappa shape index (κ1) is 22.8. The number of rotatable bonds is 9. The minimum Gasteiger partial charge on any atom is -0.495 e. The predicted octanol–water partition coefficient (Wildman–Crippen LogP) is 4.14. The first-order valence-electron chi connectivity index (χ1n) is 10.6. The van der Waals surface area contributed by atoms with Crippen molar-refractivity contribution in [3.05, 3.63) is 41.8 Å². The van der Waals surface area contributed by atoms with Crippen molar-refractivity contribution in [2.24, 2.45) is 0 Å². The number of benzene rings is 2. The number of nitrogens with one attached hydrogen (secondary N) is 3. The molecule has 2 aromatic heterocycles. The predicted molar refractivity (Wildman–Crippen MR) is 125 cm³/mol. The Bertz CT molecular complexity index is 1490. The number of aromatic nitrogens is 3. The Kier molecular flexibility index (Phi) is 5.63. The zero-order chi connectivity index (χ0) is 24.7. The van der Waals surface area contributed by atoms with Crippen LogP contribution in [0, 0.1) is 5.82 Å². The van der Waals surface area contributed by atoms with Gasteiger partial charge in [-0.25, -0.2) is 12.8 Å². The molecule has 1 aliphatic rings. The summed E-state index contributed by atoms with van der Waals surface area (Å²) in [4.78, 5) is -0.246. The number of hydrogen-bond donors (Lipinski definition) is 3. The van der Waals surface area contributed by atoms with Crippen LogP contribution in [0.25, 0.3) is 11.0 Å². The lowest BCUT2D eigenvalue weighted by molar-refractivity contribution is 0.373. The van der Waals surface area contributed by atoms with E-state index in [0.717, 1.165) is 18.5 Å². The summed E-state index contributed by atoms with van der Waals surface area (Å²) in [5.41, 5.74) is 1.10. The van der Waals surface area contributed by atoms with Gasteiger partial charge >= 0.3 is 0 Å². The van der Waals surface area contributed by atoms with Gasteiger partial charge in [0, 0.05) is 23.7 Å². The molecule has 1 fully saturated rings. The molecule has 0 unspecified atom stereocenters. The van der Waals surface area contributed by atoms with Crippen LogP contribution < -0.4 is 24.2 Å². The van der Waals surface area contributed by atoms with E-state index in [1.54, 1.807) is 6.07 Å². The molecular formula is C22H22FN5O6S. The van der Waals surface area contributed by atoms with Gasteiger partial charge in [-0.1, -0.05) is 11.2 Å².